The quantitative estimate of drug-likeness (QED) is 0.376. The zero-order valence-corrected chi connectivity index (χ0v) is 12.8. The van der Waals surface area contributed by atoms with Crippen LogP contribution in [0.4, 0.5) is 0 Å². The molecule has 2 nitrogen and oxygen atoms in total. The number of carbonyl (C=O) groups excluding carboxylic acids is 1. The first kappa shape index (κ1) is 17.5. The minimum absolute atomic E-state index is 0.308. The molecule has 0 heterocycles. The van der Waals surface area contributed by atoms with Gasteiger partial charge in [0.05, 0.1) is 0 Å². The molecule has 0 aliphatic heterocycles. The van der Waals surface area contributed by atoms with Gasteiger partial charge in [-0.15, -0.1) is 0 Å². The molecule has 0 aromatic rings. The fourth-order valence-electron chi connectivity index (χ4n) is 2.55. The van der Waals surface area contributed by atoms with E-state index in [0.717, 1.165) is 13.0 Å². The fraction of sp³-hybridized carbons (Fsp3) is 0.938. The van der Waals surface area contributed by atoms with Gasteiger partial charge in [-0.2, -0.15) is 0 Å². The van der Waals surface area contributed by atoms with E-state index in [4.69, 9.17) is 0 Å². The molecule has 0 aromatic carbocycles. The third-order valence-electron chi connectivity index (χ3n) is 3.88. The number of amides is 1. The van der Waals surface area contributed by atoms with Gasteiger partial charge in [0.25, 0.3) is 0 Å². The summed E-state index contributed by atoms with van der Waals surface area (Å²) in [7, 11) is 0. The van der Waals surface area contributed by atoms with E-state index in [9.17, 15) is 4.79 Å². The van der Waals surface area contributed by atoms with Gasteiger partial charge in [-0.05, 0) is 18.3 Å². The van der Waals surface area contributed by atoms with Gasteiger partial charge in [-0.1, -0.05) is 72.1 Å². The lowest BCUT2D eigenvalue weighted by molar-refractivity contribution is -0.110. The molecule has 0 unspecified atom stereocenters. The van der Waals surface area contributed by atoms with Crippen molar-refractivity contribution in [3.63, 3.8) is 0 Å². The van der Waals surface area contributed by atoms with Gasteiger partial charge in [0.15, 0.2) is 0 Å². The van der Waals surface area contributed by atoms with Crippen LogP contribution in [-0.4, -0.2) is 13.0 Å². The summed E-state index contributed by atoms with van der Waals surface area (Å²) in [5.41, 5.74) is 0.308. The number of carbonyl (C=O) groups is 1. The Morgan fingerprint density at radius 3 is 1.78 bits per heavy atom. The molecular formula is C16H33NO. The largest absolute Gasteiger partial charge is 0.358 e. The van der Waals surface area contributed by atoms with Crippen molar-refractivity contribution >= 4 is 6.41 Å². The first-order chi connectivity index (χ1) is 8.68. The van der Waals surface area contributed by atoms with Gasteiger partial charge in [-0.25, -0.2) is 0 Å². The highest BCUT2D eigenvalue weighted by atomic mass is 16.1. The number of hydrogen-bond acceptors (Lipinski definition) is 1. The van der Waals surface area contributed by atoms with E-state index in [1.165, 1.54) is 64.2 Å². The first-order valence-electron chi connectivity index (χ1n) is 7.85. The third kappa shape index (κ3) is 9.49. The summed E-state index contributed by atoms with van der Waals surface area (Å²) in [4.78, 5) is 10.5. The van der Waals surface area contributed by atoms with Gasteiger partial charge < -0.3 is 5.32 Å². The molecule has 0 aliphatic carbocycles. The molecule has 0 saturated carbocycles. The molecule has 0 spiro atoms. The van der Waals surface area contributed by atoms with E-state index in [1.54, 1.807) is 0 Å². The number of rotatable bonds is 13. The lowest BCUT2D eigenvalue weighted by Gasteiger charge is -2.29. The lowest BCUT2D eigenvalue weighted by Crippen LogP contribution is -2.31. The van der Waals surface area contributed by atoms with Crippen molar-refractivity contribution in [2.75, 3.05) is 6.54 Å². The van der Waals surface area contributed by atoms with Crippen LogP contribution < -0.4 is 5.32 Å². The van der Waals surface area contributed by atoms with Crippen molar-refractivity contribution in [2.45, 2.75) is 85.0 Å². The monoisotopic (exact) mass is 255 g/mol. The average Bonchev–Trinajstić information content (AvgIpc) is 2.38. The molecule has 0 atom stereocenters. The lowest BCUT2D eigenvalue weighted by atomic mass is 9.79. The predicted octanol–water partition coefficient (Wildman–Crippen LogP) is 4.68. The second-order valence-corrected chi connectivity index (χ2v) is 5.93. The van der Waals surface area contributed by atoms with Crippen molar-refractivity contribution in [3.05, 3.63) is 0 Å². The Morgan fingerprint density at radius 2 is 1.39 bits per heavy atom. The van der Waals surface area contributed by atoms with Gasteiger partial charge >= 0.3 is 0 Å². The van der Waals surface area contributed by atoms with Crippen molar-refractivity contribution < 1.29 is 4.79 Å². The van der Waals surface area contributed by atoms with Crippen LogP contribution >= 0.6 is 0 Å². The van der Waals surface area contributed by atoms with Crippen molar-refractivity contribution in [2.24, 2.45) is 5.41 Å². The second kappa shape index (κ2) is 11.6. The maximum absolute atomic E-state index is 10.5. The Bertz CT molecular complexity index is 180. The maximum Gasteiger partial charge on any atom is 0.207 e. The number of nitrogens with one attached hydrogen (secondary N) is 1. The Balaban J connectivity index is 3.94. The van der Waals surface area contributed by atoms with E-state index >= 15 is 0 Å². The standard InChI is InChI=1S/C16H33NO/c1-4-6-8-10-12-16(3,14-17-15-18)13-11-9-7-5-2/h15H,4-14H2,1-3H3,(H,17,18). The molecule has 0 rings (SSSR count). The minimum atomic E-state index is 0.308. The van der Waals surface area contributed by atoms with Crippen LogP contribution in [0.3, 0.4) is 0 Å². The molecule has 0 aliphatic rings. The molecule has 2 heteroatoms. The van der Waals surface area contributed by atoms with Crippen LogP contribution in [0.5, 0.6) is 0 Å². The zero-order chi connectivity index (χ0) is 13.7. The van der Waals surface area contributed by atoms with Crippen LogP contribution in [-0.2, 0) is 4.79 Å². The third-order valence-corrected chi connectivity index (χ3v) is 3.88. The van der Waals surface area contributed by atoms with Gasteiger partial charge in [-0.3, -0.25) is 4.79 Å². The van der Waals surface area contributed by atoms with E-state index in [-0.39, 0.29) is 0 Å². The zero-order valence-electron chi connectivity index (χ0n) is 12.8. The Labute approximate surface area is 114 Å². The van der Waals surface area contributed by atoms with Crippen LogP contribution in [0.15, 0.2) is 0 Å². The minimum Gasteiger partial charge on any atom is -0.358 e. The SMILES string of the molecule is CCCCCCC(C)(CCCCCC)CNC=O. The highest BCUT2D eigenvalue weighted by molar-refractivity contribution is 5.45. The summed E-state index contributed by atoms with van der Waals surface area (Å²) in [6.45, 7) is 7.67. The summed E-state index contributed by atoms with van der Waals surface area (Å²) >= 11 is 0. The molecule has 1 N–H and O–H groups in total. The molecule has 0 radical (unpaired) electrons. The highest BCUT2D eigenvalue weighted by Crippen LogP contribution is 2.30. The van der Waals surface area contributed by atoms with E-state index in [0.29, 0.717) is 5.41 Å². The average molecular weight is 255 g/mol. The Morgan fingerprint density at radius 1 is 0.889 bits per heavy atom. The van der Waals surface area contributed by atoms with Gasteiger partial charge in [0, 0.05) is 6.54 Å². The van der Waals surface area contributed by atoms with Crippen molar-refractivity contribution in [1.82, 2.24) is 5.32 Å². The fourth-order valence-corrected chi connectivity index (χ4v) is 2.55. The second-order valence-electron chi connectivity index (χ2n) is 5.93. The highest BCUT2D eigenvalue weighted by Gasteiger charge is 2.22. The Kier molecular flexibility index (Phi) is 11.2. The van der Waals surface area contributed by atoms with Crippen molar-refractivity contribution in [3.8, 4) is 0 Å². The van der Waals surface area contributed by atoms with Crippen LogP contribution in [0, 0.1) is 5.41 Å². The Hall–Kier alpha value is -0.530. The van der Waals surface area contributed by atoms with Gasteiger partial charge in [0.1, 0.15) is 0 Å². The van der Waals surface area contributed by atoms with Crippen LogP contribution in [0.2, 0.25) is 0 Å². The normalized spacial score (nSPS) is 11.5. The molecule has 0 aromatic heterocycles. The molecule has 108 valence electrons. The van der Waals surface area contributed by atoms with E-state index in [2.05, 4.69) is 26.1 Å². The molecule has 0 fully saturated rings. The van der Waals surface area contributed by atoms with Gasteiger partial charge in [0.2, 0.25) is 6.41 Å². The smallest absolute Gasteiger partial charge is 0.207 e. The van der Waals surface area contributed by atoms with Crippen molar-refractivity contribution in [1.29, 1.82) is 0 Å². The van der Waals surface area contributed by atoms with E-state index in [1.807, 2.05) is 0 Å². The maximum atomic E-state index is 10.5. The topological polar surface area (TPSA) is 29.1 Å². The molecule has 18 heavy (non-hydrogen) atoms. The number of hydrogen-bond donors (Lipinski definition) is 1. The summed E-state index contributed by atoms with van der Waals surface area (Å²) in [5.74, 6) is 0. The molecule has 0 bridgehead atoms. The predicted molar refractivity (Wildman–Crippen MR) is 79.7 cm³/mol. The molecule has 0 saturated heterocycles. The van der Waals surface area contributed by atoms with E-state index < -0.39 is 0 Å². The molecule has 1 amide bonds. The number of unbranched alkanes of at least 4 members (excludes halogenated alkanes) is 6. The summed E-state index contributed by atoms with van der Waals surface area (Å²) in [6, 6.07) is 0. The van der Waals surface area contributed by atoms with Crippen LogP contribution in [0.25, 0.3) is 0 Å². The summed E-state index contributed by atoms with van der Waals surface area (Å²) < 4.78 is 0. The summed E-state index contributed by atoms with van der Waals surface area (Å²) in [5, 5.41) is 2.89. The molecular weight excluding hydrogens is 222 g/mol. The first-order valence-corrected chi connectivity index (χ1v) is 7.85. The van der Waals surface area contributed by atoms with Crippen LogP contribution in [0.1, 0.15) is 85.0 Å². The summed E-state index contributed by atoms with van der Waals surface area (Å²) in [6.07, 6.45) is 13.9.